The van der Waals surface area contributed by atoms with E-state index in [1.54, 1.807) is 13.3 Å². The number of methoxy groups -OCH3 is 1. The summed E-state index contributed by atoms with van der Waals surface area (Å²) < 4.78 is 13.1. The van der Waals surface area contributed by atoms with Gasteiger partial charge in [0.2, 0.25) is 23.6 Å². The van der Waals surface area contributed by atoms with E-state index in [1.165, 1.54) is 0 Å². The molecule has 3 N–H and O–H groups in total. The first-order valence-electron chi connectivity index (χ1n) is 18.4. The van der Waals surface area contributed by atoms with Gasteiger partial charge < -0.3 is 25.0 Å². The van der Waals surface area contributed by atoms with E-state index in [-0.39, 0.29) is 23.8 Å². The summed E-state index contributed by atoms with van der Waals surface area (Å²) in [7, 11) is 3.53. The number of halogens is 1. The van der Waals surface area contributed by atoms with Crippen molar-refractivity contribution in [3.8, 4) is 11.6 Å². The Morgan fingerprint density at radius 3 is 2.56 bits per heavy atom. The van der Waals surface area contributed by atoms with Gasteiger partial charge in [-0.05, 0) is 79.1 Å². The second kappa shape index (κ2) is 15.1. The van der Waals surface area contributed by atoms with Crippen LogP contribution in [0, 0.1) is 12.8 Å². The number of aryl methyl sites for hydroxylation is 2. The van der Waals surface area contributed by atoms with Gasteiger partial charge in [0.1, 0.15) is 17.4 Å². The number of rotatable bonds is 10. The number of piperidine rings is 2. The summed E-state index contributed by atoms with van der Waals surface area (Å²) in [6.45, 7) is 6.17. The number of aromatic nitrogens is 5. The molecule has 2 amide bonds. The molecule has 0 saturated carbocycles. The molecular weight excluding hydrogens is 718 g/mol. The molecule has 0 spiro atoms. The van der Waals surface area contributed by atoms with Crippen LogP contribution in [0.4, 0.5) is 23.1 Å². The molecular formula is C41H42ClN9O4. The van der Waals surface area contributed by atoms with Crippen molar-refractivity contribution in [3.63, 3.8) is 0 Å². The van der Waals surface area contributed by atoms with Crippen LogP contribution < -0.4 is 30.3 Å². The van der Waals surface area contributed by atoms with E-state index < -0.39 is 5.92 Å². The van der Waals surface area contributed by atoms with Crippen LogP contribution in [0.15, 0.2) is 73.1 Å². The number of anilines is 4. The first kappa shape index (κ1) is 36.0. The highest BCUT2D eigenvalue weighted by atomic mass is 35.5. The first-order chi connectivity index (χ1) is 26.6. The number of nitrogens with zero attached hydrogens (tertiary/aromatic N) is 6. The predicted octanol–water partition coefficient (Wildman–Crippen LogP) is 7.05. The van der Waals surface area contributed by atoms with Crippen LogP contribution in [0.2, 0.25) is 5.02 Å². The fourth-order valence-electron chi connectivity index (χ4n) is 7.53. The third kappa shape index (κ3) is 7.44. The average molecular weight is 760 g/mol. The first-order valence-corrected chi connectivity index (χ1v) is 18.8. The largest absolute Gasteiger partial charge is 0.497 e. The number of carbonyl (C=O) groups is 2. The van der Waals surface area contributed by atoms with Gasteiger partial charge in [0, 0.05) is 66.5 Å². The number of ether oxygens (including phenoxy) is 2. The third-order valence-electron chi connectivity index (χ3n) is 10.6. The van der Waals surface area contributed by atoms with Crippen LogP contribution in [-0.2, 0) is 23.2 Å². The van der Waals surface area contributed by atoms with Crippen molar-refractivity contribution in [2.75, 3.05) is 35.7 Å². The second-order valence-electron chi connectivity index (χ2n) is 14.3. The normalized spacial score (nSPS) is 18.7. The van der Waals surface area contributed by atoms with E-state index in [2.05, 4.69) is 48.9 Å². The maximum absolute atomic E-state index is 12.6. The lowest BCUT2D eigenvalue weighted by molar-refractivity contribution is -0.134. The van der Waals surface area contributed by atoms with Gasteiger partial charge in [-0.25, -0.2) is 9.97 Å². The molecule has 5 heterocycles. The second-order valence-corrected chi connectivity index (χ2v) is 14.7. The van der Waals surface area contributed by atoms with Crippen molar-refractivity contribution in [2.45, 2.75) is 51.7 Å². The maximum atomic E-state index is 12.6. The zero-order valence-electron chi connectivity index (χ0n) is 31.1. The van der Waals surface area contributed by atoms with E-state index in [1.807, 2.05) is 79.4 Å². The van der Waals surface area contributed by atoms with Gasteiger partial charge in [-0.1, -0.05) is 36.7 Å². The summed E-state index contributed by atoms with van der Waals surface area (Å²) in [5.74, 6) is 1.88. The Labute approximate surface area is 323 Å². The molecule has 3 atom stereocenters. The molecule has 55 heavy (non-hydrogen) atoms. The smallest absolute Gasteiger partial charge is 0.235 e. The molecule has 3 aromatic heterocycles. The van der Waals surface area contributed by atoms with E-state index in [0.29, 0.717) is 47.8 Å². The highest BCUT2D eigenvalue weighted by molar-refractivity contribution is 6.33. The van der Waals surface area contributed by atoms with Gasteiger partial charge in [0.15, 0.2) is 5.82 Å². The van der Waals surface area contributed by atoms with Crippen molar-refractivity contribution in [3.05, 3.63) is 94.9 Å². The third-order valence-corrected chi connectivity index (χ3v) is 10.9. The number of imide groups is 1. The van der Waals surface area contributed by atoms with E-state index in [9.17, 15) is 9.59 Å². The molecule has 6 aromatic rings. The number of hydrogen-bond donors (Lipinski definition) is 3. The molecule has 0 radical (unpaired) electrons. The Morgan fingerprint density at radius 1 is 0.982 bits per heavy atom. The Hall–Kier alpha value is -5.95. The Kier molecular flexibility index (Phi) is 9.87. The highest BCUT2D eigenvalue weighted by Gasteiger charge is 2.32. The standard InChI is InChI=1S/C41H42ClN9O4/c1-23-21-51(16-15-34(23)45-28-8-12-31-35(18-28)50(3)49-37(31)32-13-14-36(52)47-39(32)53)41-44-20-33(42)38(48-41)46-27-7-11-30-24(2)40(43-19-26(30)17-27)55-22-25-5-9-29(54-4)10-6-25/h5-12,17-20,23,32,34,45H,13-16,21-22H2,1-4H3,(H,44,46,48)(H,47,52,53)/t23-,32?,34-/m1/s1. The topological polar surface area (TPSA) is 148 Å². The van der Waals surface area contributed by atoms with Gasteiger partial charge in [-0.15, -0.1) is 0 Å². The molecule has 2 aliphatic rings. The monoisotopic (exact) mass is 759 g/mol. The van der Waals surface area contributed by atoms with Crippen LogP contribution in [0.25, 0.3) is 21.7 Å². The minimum Gasteiger partial charge on any atom is -0.497 e. The predicted molar refractivity (Wildman–Crippen MR) is 213 cm³/mol. The van der Waals surface area contributed by atoms with Crippen molar-refractivity contribution >= 4 is 68.2 Å². The number of carbonyl (C=O) groups excluding carboxylic acids is 2. The maximum Gasteiger partial charge on any atom is 0.235 e. The Balaban J connectivity index is 0.910. The molecule has 3 aromatic carbocycles. The quantitative estimate of drug-likeness (QED) is 0.123. The number of fused-ring (bicyclic) bond motifs is 2. The zero-order chi connectivity index (χ0) is 38.2. The van der Waals surface area contributed by atoms with Gasteiger partial charge in [-0.2, -0.15) is 10.1 Å². The molecule has 0 aliphatic carbocycles. The molecule has 0 bridgehead atoms. The molecule has 8 rings (SSSR count). The fourth-order valence-corrected chi connectivity index (χ4v) is 7.66. The SMILES string of the molecule is COc1ccc(COc2ncc3cc(Nc4nc(N5CC[C@@H](Nc6ccc7c(C8CCC(=O)NC8=O)nn(C)c7c6)[C@H](C)C5)ncc4Cl)ccc3c2C)cc1. The summed E-state index contributed by atoms with van der Waals surface area (Å²) in [6, 6.07) is 20.2. The van der Waals surface area contributed by atoms with Crippen molar-refractivity contribution < 1.29 is 19.1 Å². The lowest BCUT2D eigenvalue weighted by atomic mass is 9.92. The van der Waals surface area contributed by atoms with Crippen molar-refractivity contribution in [2.24, 2.45) is 13.0 Å². The number of hydrogen-bond acceptors (Lipinski definition) is 11. The summed E-state index contributed by atoms with van der Waals surface area (Å²) in [5, 5.41) is 17.6. The average Bonchev–Trinajstić information content (AvgIpc) is 3.51. The van der Waals surface area contributed by atoms with E-state index in [4.69, 9.17) is 26.1 Å². The van der Waals surface area contributed by atoms with Crippen molar-refractivity contribution in [1.82, 2.24) is 30.0 Å². The molecule has 13 nitrogen and oxygen atoms in total. The van der Waals surface area contributed by atoms with Gasteiger partial charge in [0.25, 0.3) is 0 Å². The molecule has 2 fully saturated rings. The summed E-state index contributed by atoms with van der Waals surface area (Å²) in [5.41, 5.74) is 5.45. The summed E-state index contributed by atoms with van der Waals surface area (Å²) in [4.78, 5) is 40.5. The fraction of sp³-hybridized carbons (Fsp3) is 0.317. The highest BCUT2D eigenvalue weighted by Crippen LogP contribution is 2.34. The molecule has 2 saturated heterocycles. The molecule has 2 aliphatic heterocycles. The Morgan fingerprint density at radius 2 is 1.78 bits per heavy atom. The van der Waals surface area contributed by atoms with Gasteiger partial charge >= 0.3 is 0 Å². The lowest BCUT2D eigenvalue weighted by Crippen LogP contribution is -2.46. The van der Waals surface area contributed by atoms with Crippen LogP contribution in [0.3, 0.4) is 0 Å². The number of benzene rings is 3. The number of nitrogens with one attached hydrogen (secondary N) is 3. The number of pyridine rings is 1. The lowest BCUT2D eigenvalue weighted by Gasteiger charge is -2.37. The van der Waals surface area contributed by atoms with Crippen LogP contribution in [0.1, 0.15) is 48.9 Å². The minimum atomic E-state index is -0.434. The van der Waals surface area contributed by atoms with E-state index in [0.717, 1.165) is 69.4 Å². The minimum absolute atomic E-state index is 0.226. The molecule has 14 heteroatoms. The van der Waals surface area contributed by atoms with Gasteiger partial charge in [-0.3, -0.25) is 19.6 Å². The zero-order valence-corrected chi connectivity index (χ0v) is 31.9. The van der Waals surface area contributed by atoms with Gasteiger partial charge in [0.05, 0.1) is 30.4 Å². The summed E-state index contributed by atoms with van der Waals surface area (Å²) >= 11 is 6.61. The summed E-state index contributed by atoms with van der Waals surface area (Å²) in [6.07, 6.45) is 5.12. The number of amides is 2. The molecule has 282 valence electrons. The van der Waals surface area contributed by atoms with Crippen LogP contribution in [-0.4, -0.2) is 62.8 Å². The van der Waals surface area contributed by atoms with Crippen LogP contribution in [0.5, 0.6) is 11.6 Å². The van der Waals surface area contributed by atoms with Crippen molar-refractivity contribution in [1.29, 1.82) is 0 Å². The molecule has 1 unspecified atom stereocenters. The Bertz CT molecular complexity index is 2420. The van der Waals surface area contributed by atoms with E-state index >= 15 is 0 Å². The van der Waals surface area contributed by atoms with Crippen LogP contribution >= 0.6 is 11.6 Å².